The van der Waals surface area contributed by atoms with Crippen molar-refractivity contribution in [3.05, 3.63) is 11.7 Å². The van der Waals surface area contributed by atoms with Crippen molar-refractivity contribution in [3.8, 4) is 0 Å². The van der Waals surface area contributed by atoms with Crippen molar-refractivity contribution in [1.82, 2.24) is 10.1 Å². The molecule has 2 aliphatic carbocycles. The number of nitrogens with zero attached hydrogens (tertiary/aromatic N) is 2. The Balaban J connectivity index is 1.84. The molecule has 1 aromatic heterocycles. The molecule has 2 saturated carbocycles. The Morgan fingerprint density at radius 1 is 1.05 bits per heavy atom. The van der Waals surface area contributed by atoms with E-state index >= 15 is 0 Å². The summed E-state index contributed by atoms with van der Waals surface area (Å²) >= 11 is 0. The monoisotopic (exact) mass is 293 g/mol. The molecule has 0 unspecified atom stereocenters. The van der Waals surface area contributed by atoms with Crippen LogP contribution in [0.4, 0.5) is 0 Å². The van der Waals surface area contributed by atoms with Crippen LogP contribution in [0.1, 0.15) is 82.8 Å². The smallest absolute Gasteiger partial charge is 0.246 e. The molecule has 1 heterocycles. The van der Waals surface area contributed by atoms with Crippen LogP contribution in [0.3, 0.4) is 0 Å². The van der Waals surface area contributed by atoms with Crippen LogP contribution in [-0.4, -0.2) is 16.7 Å². The van der Waals surface area contributed by atoms with E-state index in [1.54, 1.807) is 0 Å². The molecule has 0 radical (unpaired) electrons. The number of hydrogen-bond donors (Lipinski definition) is 1. The van der Waals surface area contributed by atoms with Crippen LogP contribution in [-0.2, 0) is 15.9 Å². The lowest BCUT2D eigenvalue weighted by Gasteiger charge is -2.25. The highest BCUT2D eigenvalue weighted by Gasteiger charge is 2.43. The summed E-state index contributed by atoms with van der Waals surface area (Å²) in [6, 6.07) is 0. The minimum Gasteiger partial charge on any atom is -0.367 e. The van der Waals surface area contributed by atoms with Gasteiger partial charge < -0.3 is 15.0 Å². The third-order valence-corrected chi connectivity index (χ3v) is 5.09. The predicted octanol–water partition coefficient (Wildman–Crippen LogP) is 3.38. The van der Waals surface area contributed by atoms with Crippen molar-refractivity contribution in [2.75, 3.05) is 6.61 Å². The summed E-state index contributed by atoms with van der Waals surface area (Å²) < 4.78 is 11.6. The summed E-state index contributed by atoms with van der Waals surface area (Å²) in [5, 5.41) is 4.25. The Labute approximate surface area is 126 Å². The quantitative estimate of drug-likeness (QED) is 0.861. The second-order valence-electron chi connectivity index (χ2n) is 6.63. The van der Waals surface area contributed by atoms with Gasteiger partial charge in [-0.2, -0.15) is 4.98 Å². The van der Waals surface area contributed by atoms with Crippen molar-refractivity contribution >= 4 is 0 Å². The second kappa shape index (κ2) is 6.05. The molecule has 21 heavy (non-hydrogen) atoms. The zero-order valence-corrected chi connectivity index (χ0v) is 13.1. The van der Waals surface area contributed by atoms with Gasteiger partial charge >= 0.3 is 0 Å². The van der Waals surface area contributed by atoms with Gasteiger partial charge in [-0.3, -0.25) is 0 Å². The van der Waals surface area contributed by atoms with E-state index < -0.39 is 5.54 Å². The molecule has 118 valence electrons. The van der Waals surface area contributed by atoms with E-state index in [0.29, 0.717) is 18.3 Å². The third kappa shape index (κ3) is 2.86. The molecule has 1 aromatic rings. The summed E-state index contributed by atoms with van der Waals surface area (Å²) in [4.78, 5) is 4.69. The van der Waals surface area contributed by atoms with E-state index in [-0.39, 0.29) is 5.60 Å². The van der Waals surface area contributed by atoms with Crippen molar-refractivity contribution in [3.63, 3.8) is 0 Å². The molecule has 3 rings (SSSR count). The lowest BCUT2D eigenvalue weighted by Crippen LogP contribution is -2.37. The molecule has 2 fully saturated rings. The van der Waals surface area contributed by atoms with Gasteiger partial charge in [0.2, 0.25) is 11.7 Å². The van der Waals surface area contributed by atoms with Crippen LogP contribution < -0.4 is 5.73 Å². The topological polar surface area (TPSA) is 74.2 Å². The zero-order valence-electron chi connectivity index (χ0n) is 13.1. The maximum absolute atomic E-state index is 6.57. The van der Waals surface area contributed by atoms with Gasteiger partial charge in [-0.1, -0.05) is 30.8 Å². The van der Waals surface area contributed by atoms with Gasteiger partial charge in [0.1, 0.15) is 5.60 Å². The Morgan fingerprint density at radius 3 is 2.29 bits per heavy atom. The van der Waals surface area contributed by atoms with E-state index in [0.717, 1.165) is 51.4 Å². The maximum atomic E-state index is 6.57. The molecular weight excluding hydrogens is 266 g/mol. The van der Waals surface area contributed by atoms with Gasteiger partial charge in [-0.15, -0.1) is 0 Å². The lowest BCUT2D eigenvalue weighted by atomic mass is 9.91. The third-order valence-electron chi connectivity index (χ3n) is 5.09. The molecule has 0 atom stereocenters. The largest absolute Gasteiger partial charge is 0.367 e. The lowest BCUT2D eigenvalue weighted by molar-refractivity contribution is -0.0469. The summed E-state index contributed by atoms with van der Waals surface area (Å²) in [7, 11) is 0. The molecule has 0 aromatic carbocycles. The fourth-order valence-corrected chi connectivity index (χ4v) is 3.84. The normalized spacial score (nSPS) is 24.9. The average Bonchev–Trinajstić information content (AvgIpc) is 3.09. The fourth-order valence-electron chi connectivity index (χ4n) is 3.84. The first kappa shape index (κ1) is 15.0. The number of rotatable bonds is 4. The van der Waals surface area contributed by atoms with Crippen LogP contribution in [0.15, 0.2) is 4.52 Å². The number of nitrogens with two attached hydrogens (primary N) is 1. The minimum absolute atomic E-state index is 0.336. The molecular formula is C16H27N3O2. The predicted molar refractivity (Wildman–Crippen MR) is 79.6 cm³/mol. The first-order chi connectivity index (χ1) is 10.2. The Bertz CT molecular complexity index is 458. The highest BCUT2D eigenvalue weighted by atomic mass is 16.5. The Kier molecular flexibility index (Phi) is 4.31. The molecule has 2 aliphatic rings. The minimum atomic E-state index is -0.437. The van der Waals surface area contributed by atoms with E-state index in [4.69, 9.17) is 20.0 Å². The van der Waals surface area contributed by atoms with Crippen molar-refractivity contribution in [1.29, 1.82) is 0 Å². The van der Waals surface area contributed by atoms with Gasteiger partial charge in [-0.25, -0.2) is 0 Å². The van der Waals surface area contributed by atoms with Crippen LogP contribution in [0.2, 0.25) is 0 Å². The molecule has 0 aliphatic heterocycles. The Hall–Kier alpha value is -0.940. The molecule has 5 heteroatoms. The van der Waals surface area contributed by atoms with Crippen molar-refractivity contribution in [2.45, 2.75) is 82.3 Å². The summed E-state index contributed by atoms with van der Waals surface area (Å²) in [6.45, 7) is 2.70. The van der Waals surface area contributed by atoms with E-state index in [1.165, 1.54) is 12.8 Å². The SMILES string of the molecule is CCOC1(c2noc(C3(N)CCCCCC3)n2)CCCC1. The van der Waals surface area contributed by atoms with Crippen LogP contribution in [0, 0.1) is 0 Å². The zero-order chi connectivity index (χ0) is 14.8. The van der Waals surface area contributed by atoms with E-state index in [1.807, 2.05) is 6.92 Å². The van der Waals surface area contributed by atoms with Crippen molar-refractivity contribution < 1.29 is 9.26 Å². The van der Waals surface area contributed by atoms with Crippen LogP contribution in [0.25, 0.3) is 0 Å². The number of hydrogen-bond acceptors (Lipinski definition) is 5. The second-order valence-corrected chi connectivity index (χ2v) is 6.63. The molecule has 0 saturated heterocycles. The fraction of sp³-hybridized carbons (Fsp3) is 0.875. The summed E-state index contributed by atoms with van der Waals surface area (Å²) in [5.41, 5.74) is 5.80. The molecule has 0 amide bonds. The van der Waals surface area contributed by atoms with E-state index in [2.05, 4.69) is 5.16 Å². The molecule has 2 N–H and O–H groups in total. The van der Waals surface area contributed by atoms with Gasteiger partial charge in [-0.05, 0) is 45.4 Å². The van der Waals surface area contributed by atoms with Crippen LogP contribution >= 0.6 is 0 Å². The number of aromatic nitrogens is 2. The van der Waals surface area contributed by atoms with Crippen molar-refractivity contribution in [2.24, 2.45) is 5.73 Å². The average molecular weight is 293 g/mol. The van der Waals surface area contributed by atoms with Gasteiger partial charge in [0, 0.05) is 6.61 Å². The highest BCUT2D eigenvalue weighted by Crippen LogP contribution is 2.42. The number of ether oxygens (including phenoxy) is 1. The van der Waals surface area contributed by atoms with Gasteiger partial charge in [0.25, 0.3) is 0 Å². The van der Waals surface area contributed by atoms with E-state index in [9.17, 15) is 0 Å². The molecule has 0 bridgehead atoms. The summed E-state index contributed by atoms with van der Waals surface area (Å²) in [5.74, 6) is 1.33. The summed E-state index contributed by atoms with van der Waals surface area (Å²) in [6.07, 6.45) is 11.0. The first-order valence-electron chi connectivity index (χ1n) is 8.46. The highest BCUT2D eigenvalue weighted by molar-refractivity contribution is 5.09. The van der Waals surface area contributed by atoms with Gasteiger partial charge in [0.15, 0.2) is 0 Å². The standard InChI is InChI=1S/C16H27N3O2/c1-2-20-16(11-7-8-12-16)13-18-14(21-19-13)15(17)9-5-3-4-6-10-15/h2-12,17H2,1H3. The van der Waals surface area contributed by atoms with Gasteiger partial charge in [0.05, 0.1) is 5.54 Å². The molecule has 5 nitrogen and oxygen atoms in total. The Morgan fingerprint density at radius 2 is 1.67 bits per heavy atom. The van der Waals surface area contributed by atoms with Crippen LogP contribution in [0.5, 0.6) is 0 Å². The maximum Gasteiger partial charge on any atom is 0.246 e. The first-order valence-corrected chi connectivity index (χ1v) is 8.46. The molecule has 0 spiro atoms.